The van der Waals surface area contributed by atoms with E-state index in [0.29, 0.717) is 24.3 Å². The highest BCUT2D eigenvalue weighted by Gasteiger charge is 2.33. The molecule has 0 unspecified atom stereocenters. The number of carbonyl (C=O) groups is 2. The van der Waals surface area contributed by atoms with Gasteiger partial charge in [0.1, 0.15) is 16.9 Å². The molecule has 0 N–H and O–H groups in total. The zero-order valence-corrected chi connectivity index (χ0v) is 16.1. The molecule has 2 rings (SSSR count). The van der Waals surface area contributed by atoms with Crippen LogP contribution in [0.3, 0.4) is 0 Å². The first kappa shape index (κ1) is 19.2. The van der Waals surface area contributed by atoms with Gasteiger partial charge in [-0.3, -0.25) is 0 Å². The number of rotatable bonds is 7. The van der Waals surface area contributed by atoms with Crippen molar-refractivity contribution < 1.29 is 23.8 Å². The molecule has 0 bridgehead atoms. The Balaban J connectivity index is 2.68. The largest absolute Gasteiger partial charge is 0.492 e. The second-order valence-electron chi connectivity index (χ2n) is 5.38. The minimum absolute atomic E-state index is 0.212. The molecule has 0 saturated heterocycles. The van der Waals surface area contributed by atoms with Gasteiger partial charge in [-0.05, 0) is 25.5 Å². The van der Waals surface area contributed by atoms with E-state index < -0.39 is 11.9 Å². The molecule has 25 heavy (non-hydrogen) atoms. The second-order valence-corrected chi connectivity index (χ2v) is 6.29. The van der Waals surface area contributed by atoms with Crippen molar-refractivity contribution in [2.45, 2.75) is 26.7 Å². The van der Waals surface area contributed by atoms with Crippen molar-refractivity contribution in [2.75, 3.05) is 20.3 Å². The molecule has 0 fully saturated rings. The zero-order chi connectivity index (χ0) is 18.4. The summed E-state index contributed by atoms with van der Waals surface area (Å²) in [7, 11) is 1.30. The molecule has 0 spiro atoms. The van der Waals surface area contributed by atoms with Crippen LogP contribution in [0.15, 0.2) is 28.7 Å². The Bertz CT molecular complexity index is 741. The van der Waals surface area contributed by atoms with Gasteiger partial charge in [0.25, 0.3) is 0 Å². The highest BCUT2D eigenvalue weighted by molar-refractivity contribution is 9.10. The maximum atomic E-state index is 12.7. The van der Waals surface area contributed by atoms with Crippen LogP contribution in [-0.2, 0) is 9.47 Å². The van der Waals surface area contributed by atoms with Gasteiger partial charge in [-0.15, -0.1) is 0 Å². The fourth-order valence-corrected chi connectivity index (χ4v) is 2.94. The van der Waals surface area contributed by atoms with Crippen LogP contribution in [0, 0.1) is 0 Å². The fourth-order valence-electron chi connectivity index (χ4n) is 2.56. The number of methoxy groups -OCH3 is 1. The molecule has 2 aliphatic carbocycles. The van der Waals surface area contributed by atoms with E-state index in [9.17, 15) is 9.59 Å². The van der Waals surface area contributed by atoms with Crippen molar-refractivity contribution in [1.82, 2.24) is 0 Å². The summed E-state index contributed by atoms with van der Waals surface area (Å²) in [5.41, 5.74) is 1.67. The van der Waals surface area contributed by atoms with Gasteiger partial charge in [0.05, 0.1) is 20.3 Å². The number of fused-ring (bicyclic) bond motifs is 1. The van der Waals surface area contributed by atoms with Crippen molar-refractivity contribution in [3.05, 3.63) is 39.9 Å². The van der Waals surface area contributed by atoms with Crippen molar-refractivity contribution >= 4 is 27.9 Å². The molecule has 5 nitrogen and oxygen atoms in total. The van der Waals surface area contributed by atoms with Gasteiger partial charge >= 0.3 is 11.9 Å². The van der Waals surface area contributed by atoms with E-state index in [4.69, 9.17) is 14.2 Å². The van der Waals surface area contributed by atoms with Gasteiger partial charge in [-0.2, -0.15) is 0 Å². The highest BCUT2D eigenvalue weighted by Crippen LogP contribution is 2.43. The van der Waals surface area contributed by atoms with E-state index in [1.54, 1.807) is 25.1 Å². The van der Waals surface area contributed by atoms with Crippen molar-refractivity contribution in [3.8, 4) is 16.9 Å². The summed E-state index contributed by atoms with van der Waals surface area (Å²) in [6, 6.07) is 7.16. The number of halogens is 1. The Labute approximate surface area is 155 Å². The summed E-state index contributed by atoms with van der Waals surface area (Å²) >= 11 is 3.42. The minimum Gasteiger partial charge on any atom is -0.492 e. The lowest BCUT2D eigenvalue weighted by molar-refractivity contribution is 0.0497. The van der Waals surface area contributed by atoms with Crippen LogP contribution in [0.2, 0.25) is 0 Å². The highest BCUT2D eigenvalue weighted by atomic mass is 79.9. The number of carbonyl (C=O) groups excluding carboxylic acids is 2. The molecular weight excluding hydrogens is 388 g/mol. The topological polar surface area (TPSA) is 61.8 Å². The third kappa shape index (κ3) is 4.12. The minimum atomic E-state index is -0.556. The summed E-state index contributed by atoms with van der Waals surface area (Å²) in [5, 5.41) is 0. The van der Waals surface area contributed by atoms with Crippen LogP contribution in [0.5, 0.6) is 5.75 Å². The van der Waals surface area contributed by atoms with E-state index in [-0.39, 0.29) is 16.9 Å². The Morgan fingerprint density at radius 2 is 1.80 bits per heavy atom. The lowest BCUT2D eigenvalue weighted by Crippen LogP contribution is -2.09. The van der Waals surface area contributed by atoms with Crippen LogP contribution in [0.25, 0.3) is 11.1 Å². The maximum absolute atomic E-state index is 12.7. The normalized spacial score (nSPS) is 10.6. The van der Waals surface area contributed by atoms with Gasteiger partial charge in [0.2, 0.25) is 0 Å². The van der Waals surface area contributed by atoms with Crippen molar-refractivity contribution in [3.63, 3.8) is 0 Å². The second kappa shape index (κ2) is 8.85. The number of hydrogen-bond donors (Lipinski definition) is 0. The molecule has 0 aromatic rings. The molecule has 0 aromatic heterocycles. The number of unbranched alkanes of at least 4 members (excludes halogenated alkanes) is 1. The smallest absolute Gasteiger partial charge is 0.342 e. The standard InChI is InChI=1S/C19H21BrO5/c1-4-6-10-25-19(22)15-13-9-7-8-12(20)11-14(13)16(18(21)23-3)17(15)24-5-2/h7-9,11H,4-6,10H2,1-3H3. The molecule has 0 amide bonds. The van der Waals surface area contributed by atoms with Gasteiger partial charge < -0.3 is 14.2 Å². The molecule has 0 aromatic carbocycles. The Morgan fingerprint density at radius 1 is 1.08 bits per heavy atom. The lowest BCUT2D eigenvalue weighted by atomic mass is 10.1. The van der Waals surface area contributed by atoms with E-state index >= 15 is 0 Å². The van der Waals surface area contributed by atoms with E-state index in [2.05, 4.69) is 15.9 Å². The monoisotopic (exact) mass is 408 g/mol. The van der Waals surface area contributed by atoms with Gasteiger partial charge in [0, 0.05) is 15.6 Å². The summed E-state index contributed by atoms with van der Waals surface area (Å²) in [5.74, 6) is -0.845. The molecule has 6 heteroatoms. The number of hydrogen-bond acceptors (Lipinski definition) is 5. The molecule has 134 valence electrons. The average molecular weight is 409 g/mol. The molecule has 0 atom stereocenters. The Morgan fingerprint density at radius 3 is 2.44 bits per heavy atom. The predicted octanol–water partition coefficient (Wildman–Crippen LogP) is 4.70. The lowest BCUT2D eigenvalue weighted by Gasteiger charge is -2.08. The summed E-state index contributed by atoms with van der Waals surface area (Å²) < 4.78 is 16.7. The molecular formula is C19H21BrO5. The number of ether oxygens (including phenoxy) is 3. The Kier molecular flexibility index (Phi) is 6.82. The molecule has 0 radical (unpaired) electrons. The van der Waals surface area contributed by atoms with Crippen LogP contribution in [0.1, 0.15) is 47.4 Å². The van der Waals surface area contributed by atoms with Crippen molar-refractivity contribution in [2.24, 2.45) is 0 Å². The molecule has 0 saturated carbocycles. The van der Waals surface area contributed by atoms with Gasteiger partial charge in [-0.1, -0.05) is 41.4 Å². The summed E-state index contributed by atoms with van der Waals surface area (Å²) in [4.78, 5) is 25.0. The maximum Gasteiger partial charge on any atom is 0.342 e. The van der Waals surface area contributed by atoms with Crippen molar-refractivity contribution in [1.29, 1.82) is 0 Å². The molecule has 0 aliphatic heterocycles. The third-order valence-corrected chi connectivity index (χ3v) is 4.19. The van der Waals surface area contributed by atoms with Crippen LogP contribution >= 0.6 is 15.9 Å². The SMILES string of the molecule is CCCCOC(=O)c1c2cccc(Br)cc-2c(C(=O)OC)c1OCC. The average Bonchev–Trinajstić information content (AvgIpc) is 2.75. The first-order valence-electron chi connectivity index (χ1n) is 8.18. The molecule has 2 aliphatic rings. The van der Waals surface area contributed by atoms with Crippen LogP contribution < -0.4 is 4.74 Å². The van der Waals surface area contributed by atoms with E-state index in [1.165, 1.54) is 7.11 Å². The first-order chi connectivity index (χ1) is 12.0. The van der Waals surface area contributed by atoms with Crippen LogP contribution in [-0.4, -0.2) is 32.3 Å². The Hall–Kier alpha value is -2.08. The zero-order valence-electron chi connectivity index (χ0n) is 14.6. The van der Waals surface area contributed by atoms with Crippen LogP contribution in [0.4, 0.5) is 0 Å². The fraction of sp³-hybridized carbons (Fsp3) is 0.368. The number of esters is 2. The van der Waals surface area contributed by atoms with E-state index in [0.717, 1.165) is 17.3 Å². The summed E-state index contributed by atoms with van der Waals surface area (Å²) in [6.45, 7) is 4.44. The molecule has 0 heterocycles. The predicted molar refractivity (Wildman–Crippen MR) is 98.5 cm³/mol. The third-order valence-electron chi connectivity index (χ3n) is 3.70. The van der Waals surface area contributed by atoms with Gasteiger partial charge in [0.15, 0.2) is 0 Å². The summed E-state index contributed by atoms with van der Waals surface area (Å²) in [6.07, 6.45) is 1.69. The first-order valence-corrected chi connectivity index (χ1v) is 8.97. The van der Waals surface area contributed by atoms with E-state index in [1.807, 2.05) is 13.0 Å². The quantitative estimate of drug-likeness (QED) is 0.490. The van der Waals surface area contributed by atoms with Gasteiger partial charge in [-0.25, -0.2) is 9.59 Å².